The first-order chi connectivity index (χ1) is 11.5. The molecule has 0 atom stereocenters. The molecule has 1 aromatic carbocycles. The van der Waals surface area contributed by atoms with Crippen LogP contribution in [0.2, 0.25) is 0 Å². The zero-order chi connectivity index (χ0) is 16.8. The number of H-pyrrole nitrogens is 1. The van der Waals surface area contributed by atoms with Crippen LogP contribution in [0.1, 0.15) is 10.6 Å². The summed E-state index contributed by atoms with van der Waals surface area (Å²) in [5, 5.41) is 0.524. The normalized spacial score (nSPS) is 11.3. The molecule has 0 saturated heterocycles. The van der Waals surface area contributed by atoms with E-state index in [0.717, 1.165) is 21.8 Å². The Balaban J connectivity index is 1.96. The summed E-state index contributed by atoms with van der Waals surface area (Å²) in [6.07, 6.45) is 0. The Kier molecular flexibility index (Phi) is 3.35. The van der Waals surface area contributed by atoms with Gasteiger partial charge in [-0.1, -0.05) is 12.1 Å². The molecule has 6 heteroatoms. The van der Waals surface area contributed by atoms with Gasteiger partial charge in [-0.15, -0.1) is 11.3 Å². The number of aryl methyl sites for hydroxylation is 2. The van der Waals surface area contributed by atoms with Crippen molar-refractivity contribution >= 4 is 21.6 Å². The van der Waals surface area contributed by atoms with Crippen molar-refractivity contribution in [3.8, 4) is 22.7 Å². The molecular formula is C18H13FN2O2S. The van der Waals surface area contributed by atoms with Gasteiger partial charge in [-0.25, -0.2) is 9.37 Å². The minimum absolute atomic E-state index is 0.229. The van der Waals surface area contributed by atoms with E-state index in [1.807, 2.05) is 19.9 Å². The van der Waals surface area contributed by atoms with Gasteiger partial charge < -0.3 is 9.40 Å². The van der Waals surface area contributed by atoms with Crippen molar-refractivity contribution in [3.05, 3.63) is 63.2 Å². The van der Waals surface area contributed by atoms with Crippen molar-refractivity contribution in [2.75, 3.05) is 0 Å². The molecule has 0 radical (unpaired) electrons. The van der Waals surface area contributed by atoms with Gasteiger partial charge in [0, 0.05) is 10.4 Å². The Labute approximate surface area is 140 Å². The average molecular weight is 340 g/mol. The Morgan fingerprint density at radius 2 is 1.88 bits per heavy atom. The van der Waals surface area contributed by atoms with Crippen LogP contribution in [-0.2, 0) is 0 Å². The van der Waals surface area contributed by atoms with E-state index in [1.165, 1.54) is 23.5 Å². The van der Waals surface area contributed by atoms with Gasteiger partial charge in [-0.2, -0.15) is 0 Å². The zero-order valence-electron chi connectivity index (χ0n) is 13.0. The van der Waals surface area contributed by atoms with Crippen LogP contribution in [0.3, 0.4) is 0 Å². The molecule has 120 valence electrons. The molecule has 0 aliphatic heterocycles. The summed E-state index contributed by atoms with van der Waals surface area (Å²) in [6, 6.07) is 9.73. The molecule has 0 aliphatic rings. The van der Waals surface area contributed by atoms with E-state index in [9.17, 15) is 9.18 Å². The quantitative estimate of drug-likeness (QED) is 0.577. The minimum atomic E-state index is -0.307. The van der Waals surface area contributed by atoms with Gasteiger partial charge in [0.05, 0.1) is 5.39 Å². The summed E-state index contributed by atoms with van der Waals surface area (Å²) in [6.45, 7) is 3.77. The van der Waals surface area contributed by atoms with E-state index < -0.39 is 0 Å². The molecule has 0 unspecified atom stereocenters. The van der Waals surface area contributed by atoms with Crippen LogP contribution in [0.5, 0.6) is 0 Å². The topological polar surface area (TPSA) is 58.9 Å². The first-order valence-corrected chi connectivity index (χ1v) is 8.21. The summed E-state index contributed by atoms with van der Waals surface area (Å²) >= 11 is 1.44. The summed E-state index contributed by atoms with van der Waals surface area (Å²) in [5.74, 6) is 1.38. The summed E-state index contributed by atoms with van der Waals surface area (Å²) in [4.78, 5) is 21.6. The van der Waals surface area contributed by atoms with E-state index >= 15 is 0 Å². The zero-order valence-corrected chi connectivity index (χ0v) is 13.8. The molecule has 0 spiro atoms. The Hall–Kier alpha value is -2.73. The lowest BCUT2D eigenvalue weighted by Crippen LogP contribution is -2.08. The standard InChI is InChI=1S/C18H13FN2O2S/c1-9-3-8-13(23-9)16-20-17(22)15-14(10(2)24-18(15)21-16)11-4-6-12(19)7-5-11/h3-8H,1-2H3,(H,20,21,22). The number of benzene rings is 1. The van der Waals surface area contributed by atoms with Gasteiger partial charge in [0.1, 0.15) is 16.4 Å². The molecule has 24 heavy (non-hydrogen) atoms. The number of nitrogens with one attached hydrogen (secondary N) is 1. The smallest absolute Gasteiger partial charge is 0.260 e. The Bertz CT molecular complexity index is 1110. The number of nitrogens with zero attached hydrogens (tertiary/aromatic N) is 1. The summed E-state index contributed by atoms with van der Waals surface area (Å²) in [7, 11) is 0. The van der Waals surface area contributed by atoms with E-state index in [0.29, 0.717) is 21.8 Å². The molecule has 4 rings (SSSR count). The monoisotopic (exact) mass is 340 g/mol. The largest absolute Gasteiger partial charge is 0.458 e. The van der Waals surface area contributed by atoms with Crippen LogP contribution in [-0.4, -0.2) is 9.97 Å². The van der Waals surface area contributed by atoms with Gasteiger partial charge in [0.25, 0.3) is 5.56 Å². The maximum absolute atomic E-state index is 13.2. The number of hydrogen-bond donors (Lipinski definition) is 1. The van der Waals surface area contributed by atoms with Crippen molar-refractivity contribution in [1.29, 1.82) is 0 Å². The number of thiophene rings is 1. The van der Waals surface area contributed by atoms with Crippen molar-refractivity contribution in [3.63, 3.8) is 0 Å². The molecular weight excluding hydrogens is 327 g/mol. The van der Waals surface area contributed by atoms with Crippen LogP contribution in [0.25, 0.3) is 32.9 Å². The molecule has 0 fully saturated rings. The Morgan fingerprint density at radius 3 is 2.54 bits per heavy atom. The van der Waals surface area contributed by atoms with Crippen LogP contribution >= 0.6 is 11.3 Å². The van der Waals surface area contributed by atoms with Gasteiger partial charge in [-0.3, -0.25) is 4.79 Å². The second kappa shape index (κ2) is 5.42. The number of furan rings is 1. The molecule has 0 amide bonds. The first kappa shape index (κ1) is 14.8. The van der Waals surface area contributed by atoms with Gasteiger partial charge >= 0.3 is 0 Å². The molecule has 3 heterocycles. The van der Waals surface area contributed by atoms with E-state index in [-0.39, 0.29) is 11.4 Å². The number of aromatic nitrogens is 2. The second-order valence-electron chi connectivity index (χ2n) is 5.55. The number of rotatable bonds is 2. The van der Waals surface area contributed by atoms with Gasteiger partial charge in [-0.05, 0) is 43.7 Å². The molecule has 0 bridgehead atoms. The maximum Gasteiger partial charge on any atom is 0.260 e. The van der Waals surface area contributed by atoms with Crippen molar-refractivity contribution in [1.82, 2.24) is 9.97 Å². The van der Waals surface area contributed by atoms with Gasteiger partial charge in [0.15, 0.2) is 11.6 Å². The second-order valence-corrected chi connectivity index (χ2v) is 6.75. The molecule has 0 aliphatic carbocycles. The van der Waals surface area contributed by atoms with Crippen molar-refractivity contribution in [2.24, 2.45) is 0 Å². The highest BCUT2D eigenvalue weighted by molar-refractivity contribution is 7.19. The van der Waals surface area contributed by atoms with Crippen LogP contribution < -0.4 is 5.56 Å². The molecule has 1 N–H and O–H groups in total. The molecule has 0 saturated carbocycles. The highest BCUT2D eigenvalue weighted by Crippen LogP contribution is 2.36. The van der Waals surface area contributed by atoms with Crippen LogP contribution in [0.15, 0.2) is 45.6 Å². The molecule has 4 aromatic rings. The predicted octanol–water partition coefficient (Wildman–Crippen LogP) is 4.67. The third kappa shape index (κ3) is 2.35. The Morgan fingerprint density at radius 1 is 1.12 bits per heavy atom. The fourth-order valence-electron chi connectivity index (χ4n) is 2.76. The lowest BCUT2D eigenvalue weighted by molar-refractivity contribution is 0.544. The molecule has 3 aromatic heterocycles. The fourth-order valence-corrected chi connectivity index (χ4v) is 3.81. The lowest BCUT2D eigenvalue weighted by atomic mass is 10.0. The van der Waals surface area contributed by atoms with E-state index in [1.54, 1.807) is 18.2 Å². The predicted molar refractivity (Wildman–Crippen MR) is 92.8 cm³/mol. The third-order valence-electron chi connectivity index (χ3n) is 3.84. The van der Waals surface area contributed by atoms with Gasteiger partial charge in [0.2, 0.25) is 0 Å². The third-order valence-corrected chi connectivity index (χ3v) is 4.84. The number of fused-ring (bicyclic) bond motifs is 1. The summed E-state index contributed by atoms with van der Waals surface area (Å²) < 4.78 is 18.7. The van der Waals surface area contributed by atoms with Crippen LogP contribution in [0.4, 0.5) is 4.39 Å². The lowest BCUT2D eigenvalue weighted by Gasteiger charge is -2.02. The maximum atomic E-state index is 13.2. The fraction of sp³-hybridized carbons (Fsp3) is 0.111. The van der Waals surface area contributed by atoms with Crippen molar-refractivity contribution in [2.45, 2.75) is 13.8 Å². The SMILES string of the molecule is Cc1ccc(-c2nc3sc(C)c(-c4ccc(F)cc4)c3c(=O)[nH]2)o1. The average Bonchev–Trinajstić information content (AvgIpc) is 3.11. The number of hydrogen-bond acceptors (Lipinski definition) is 4. The van der Waals surface area contributed by atoms with E-state index in [4.69, 9.17) is 4.42 Å². The minimum Gasteiger partial charge on any atom is -0.458 e. The number of halogens is 1. The van der Waals surface area contributed by atoms with E-state index in [2.05, 4.69) is 9.97 Å². The highest BCUT2D eigenvalue weighted by Gasteiger charge is 2.18. The van der Waals surface area contributed by atoms with Crippen molar-refractivity contribution < 1.29 is 8.81 Å². The molecule has 4 nitrogen and oxygen atoms in total. The first-order valence-electron chi connectivity index (χ1n) is 7.39. The summed E-state index contributed by atoms with van der Waals surface area (Å²) in [5.41, 5.74) is 1.37. The van der Waals surface area contributed by atoms with Crippen LogP contribution in [0, 0.1) is 19.7 Å². The number of aromatic amines is 1. The highest BCUT2D eigenvalue weighted by atomic mass is 32.1.